The zero-order chi connectivity index (χ0) is 26.6. The van der Waals surface area contributed by atoms with Gasteiger partial charge in [0.1, 0.15) is 17.1 Å². The van der Waals surface area contributed by atoms with Crippen molar-refractivity contribution >= 4 is 34.2 Å². The van der Waals surface area contributed by atoms with Gasteiger partial charge in [-0.3, -0.25) is 19.3 Å². The van der Waals surface area contributed by atoms with Gasteiger partial charge in [0, 0.05) is 43.2 Å². The van der Waals surface area contributed by atoms with Gasteiger partial charge in [-0.05, 0) is 56.4 Å². The summed E-state index contributed by atoms with van der Waals surface area (Å²) in [7, 11) is 0. The van der Waals surface area contributed by atoms with Crippen LogP contribution in [-0.4, -0.2) is 52.9 Å². The van der Waals surface area contributed by atoms with Crippen LogP contribution in [0.5, 0.6) is 5.75 Å². The average Bonchev–Trinajstić information content (AvgIpc) is 3.64. The molecule has 1 N–H and O–H groups in total. The Bertz CT molecular complexity index is 1510. The van der Waals surface area contributed by atoms with Crippen LogP contribution in [0.3, 0.4) is 0 Å². The number of ether oxygens (including phenoxy) is 1. The number of Topliss-reactive ketones (excluding diaryl/α,β-unsaturated/α-hetero) is 1. The Morgan fingerprint density at radius 2 is 1.89 bits per heavy atom. The Kier molecular flexibility index (Phi) is 6.48. The number of hydrogen-bond donors (Lipinski definition) is 1. The van der Waals surface area contributed by atoms with Gasteiger partial charge < -0.3 is 14.6 Å². The molecule has 1 saturated heterocycles. The maximum absolute atomic E-state index is 14.2. The molecule has 38 heavy (non-hydrogen) atoms. The summed E-state index contributed by atoms with van der Waals surface area (Å²) >= 11 is 5.97. The van der Waals surface area contributed by atoms with Crippen LogP contribution in [0, 0.1) is 12.7 Å². The average molecular weight is 538 g/mol. The van der Waals surface area contributed by atoms with Gasteiger partial charge in [-0.2, -0.15) is 0 Å². The van der Waals surface area contributed by atoms with E-state index in [0.29, 0.717) is 44.4 Å². The maximum atomic E-state index is 14.2. The number of amides is 1. The van der Waals surface area contributed by atoms with Crippen molar-refractivity contribution in [2.75, 3.05) is 19.6 Å². The zero-order valence-electron chi connectivity index (χ0n) is 21.1. The number of piperidine rings is 1. The molecule has 3 aliphatic rings. The summed E-state index contributed by atoms with van der Waals surface area (Å²) in [6.45, 7) is 3.65. The normalized spacial score (nSPS) is 19.8. The van der Waals surface area contributed by atoms with Crippen LogP contribution in [0.2, 0.25) is 5.02 Å². The number of rotatable bonds is 6. The highest BCUT2D eigenvalue weighted by atomic mass is 35.5. The third-order valence-corrected chi connectivity index (χ3v) is 8.10. The van der Waals surface area contributed by atoms with Crippen LogP contribution >= 0.6 is 11.6 Å². The van der Waals surface area contributed by atoms with E-state index in [4.69, 9.17) is 16.3 Å². The molecule has 2 aromatic carbocycles. The number of halogens is 2. The fraction of sp³-hybridized carbons (Fsp3) is 0.414. The van der Waals surface area contributed by atoms with Crippen molar-refractivity contribution in [3.05, 3.63) is 74.3 Å². The Balaban J connectivity index is 1.08. The molecule has 0 spiro atoms. The van der Waals surface area contributed by atoms with Crippen molar-refractivity contribution in [3.8, 4) is 5.75 Å². The Morgan fingerprint density at radius 1 is 1.13 bits per heavy atom. The second kappa shape index (κ2) is 9.82. The molecule has 0 bridgehead atoms. The van der Waals surface area contributed by atoms with Gasteiger partial charge in [-0.1, -0.05) is 29.3 Å². The number of ketones is 1. The van der Waals surface area contributed by atoms with Gasteiger partial charge in [-0.15, -0.1) is 0 Å². The van der Waals surface area contributed by atoms with Crippen LogP contribution in [0.4, 0.5) is 4.39 Å². The van der Waals surface area contributed by atoms with E-state index in [0.717, 1.165) is 35.8 Å². The predicted octanol–water partition coefficient (Wildman–Crippen LogP) is 4.20. The molecule has 198 valence electrons. The van der Waals surface area contributed by atoms with Gasteiger partial charge in [0.2, 0.25) is 5.43 Å². The molecule has 3 heterocycles. The lowest BCUT2D eigenvalue weighted by Gasteiger charge is -2.32. The molecule has 7 nitrogen and oxygen atoms in total. The number of nitrogens with one attached hydrogen (secondary N) is 1. The van der Waals surface area contributed by atoms with E-state index in [2.05, 4.69) is 16.3 Å². The summed E-state index contributed by atoms with van der Waals surface area (Å²) in [6.07, 6.45) is 4.93. The second-order valence-electron chi connectivity index (χ2n) is 10.7. The number of fused-ring (bicyclic) bond motifs is 2. The zero-order valence-corrected chi connectivity index (χ0v) is 21.9. The number of carbonyl (C=O) groups is 2. The highest BCUT2D eigenvalue weighted by Crippen LogP contribution is 2.37. The Hall–Kier alpha value is -3.23. The third kappa shape index (κ3) is 4.83. The van der Waals surface area contributed by atoms with Gasteiger partial charge in [0.25, 0.3) is 5.91 Å². The first-order chi connectivity index (χ1) is 18.3. The molecule has 9 heteroatoms. The molecule has 2 fully saturated rings. The van der Waals surface area contributed by atoms with E-state index in [9.17, 15) is 18.8 Å². The number of pyridine rings is 1. The quantitative estimate of drug-likeness (QED) is 0.510. The molecule has 6 rings (SSSR count). The first kappa shape index (κ1) is 25.1. The van der Waals surface area contributed by atoms with Crippen LogP contribution in [0.25, 0.3) is 10.9 Å². The van der Waals surface area contributed by atoms with Crippen LogP contribution < -0.4 is 15.5 Å². The van der Waals surface area contributed by atoms with Gasteiger partial charge in [0.15, 0.2) is 11.9 Å². The molecule has 1 aromatic heterocycles. The fourth-order valence-corrected chi connectivity index (χ4v) is 5.70. The van der Waals surface area contributed by atoms with Crippen LogP contribution in [-0.2, 0) is 11.2 Å². The van der Waals surface area contributed by atoms with Gasteiger partial charge >= 0.3 is 0 Å². The molecular formula is C29H29ClFN3O4. The Morgan fingerprint density at radius 3 is 2.63 bits per heavy atom. The van der Waals surface area contributed by atoms with Crippen molar-refractivity contribution in [2.24, 2.45) is 0 Å². The molecule has 1 unspecified atom stereocenters. The van der Waals surface area contributed by atoms with Crippen molar-refractivity contribution in [1.29, 1.82) is 0 Å². The Labute approximate surface area is 224 Å². The van der Waals surface area contributed by atoms with Crippen molar-refractivity contribution < 1.29 is 18.7 Å². The third-order valence-electron chi connectivity index (χ3n) is 7.81. The first-order valence-electron chi connectivity index (χ1n) is 13.1. The lowest BCUT2D eigenvalue weighted by Crippen LogP contribution is -2.48. The minimum atomic E-state index is -0.680. The summed E-state index contributed by atoms with van der Waals surface area (Å²) in [5.74, 6) is -0.287. The first-order valence-corrected chi connectivity index (χ1v) is 13.5. The molecule has 1 atom stereocenters. The number of aryl methyl sites for hydroxylation is 1. The van der Waals surface area contributed by atoms with E-state index in [1.165, 1.54) is 6.07 Å². The molecule has 1 amide bonds. The highest BCUT2D eigenvalue weighted by molar-refractivity contribution is 6.31. The molecule has 0 radical (unpaired) electrons. The lowest BCUT2D eigenvalue weighted by molar-refractivity contribution is -0.126. The molecule has 1 aliphatic carbocycles. The standard InChI is InChI=1S/C29H29ClFN3O4/c1-16-2-5-26-17(10-16)11-27(38-26)25(35)15-33-8-6-18(7-9-33)32-29(37)21-14-34(19-3-4-19)24-13-22(30)23(31)12-20(24)28(21)36/h2,5,10,12-14,18-19,27H,3-4,6-9,11,15H2,1H3,(H,32,37). The van der Waals surface area contributed by atoms with Crippen LogP contribution in [0.15, 0.2) is 41.3 Å². The van der Waals surface area contributed by atoms with Gasteiger partial charge in [0.05, 0.1) is 17.1 Å². The lowest BCUT2D eigenvalue weighted by atomic mass is 10.0. The number of likely N-dealkylation sites (tertiary alicyclic amines) is 1. The van der Waals surface area contributed by atoms with E-state index < -0.39 is 23.3 Å². The summed E-state index contributed by atoms with van der Waals surface area (Å²) in [6, 6.07) is 8.62. The summed E-state index contributed by atoms with van der Waals surface area (Å²) < 4.78 is 21.9. The van der Waals surface area contributed by atoms with E-state index in [-0.39, 0.29) is 33.8 Å². The topological polar surface area (TPSA) is 80.6 Å². The SMILES string of the molecule is Cc1ccc2c(c1)CC(C(=O)CN1CCC(NC(=O)c3cn(C4CC4)c4cc(Cl)c(F)cc4c3=O)CC1)O2. The number of carbonyl (C=O) groups excluding carboxylic acids is 2. The fourth-order valence-electron chi connectivity index (χ4n) is 5.54. The van der Waals surface area contributed by atoms with Crippen molar-refractivity contribution in [1.82, 2.24) is 14.8 Å². The predicted molar refractivity (Wildman–Crippen MR) is 143 cm³/mol. The summed E-state index contributed by atoms with van der Waals surface area (Å²) in [5, 5.41) is 3.10. The van der Waals surface area contributed by atoms with E-state index in [1.807, 2.05) is 23.6 Å². The maximum Gasteiger partial charge on any atom is 0.256 e. The van der Waals surface area contributed by atoms with E-state index in [1.54, 1.807) is 6.20 Å². The second-order valence-corrected chi connectivity index (χ2v) is 11.1. The minimum Gasteiger partial charge on any atom is -0.482 e. The molecule has 3 aromatic rings. The highest BCUT2D eigenvalue weighted by Gasteiger charge is 2.32. The molecule has 2 aliphatic heterocycles. The van der Waals surface area contributed by atoms with E-state index >= 15 is 0 Å². The van der Waals surface area contributed by atoms with Gasteiger partial charge in [-0.25, -0.2) is 4.39 Å². The number of hydrogen-bond acceptors (Lipinski definition) is 5. The van der Waals surface area contributed by atoms with Crippen LogP contribution in [0.1, 0.15) is 53.2 Å². The molecule has 1 saturated carbocycles. The summed E-state index contributed by atoms with van der Waals surface area (Å²) in [5.41, 5.74) is 2.28. The van der Waals surface area contributed by atoms with Crippen molar-refractivity contribution in [2.45, 2.75) is 57.2 Å². The molecular weight excluding hydrogens is 509 g/mol. The number of benzene rings is 2. The monoisotopic (exact) mass is 537 g/mol. The number of nitrogens with zero attached hydrogens (tertiary/aromatic N) is 2. The van der Waals surface area contributed by atoms with Crippen molar-refractivity contribution in [3.63, 3.8) is 0 Å². The summed E-state index contributed by atoms with van der Waals surface area (Å²) in [4.78, 5) is 41.3. The number of aromatic nitrogens is 1. The minimum absolute atomic E-state index is 0.0110. The largest absolute Gasteiger partial charge is 0.482 e. The smallest absolute Gasteiger partial charge is 0.256 e.